The van der Waals surface area contributed by atoms with Crippen molar-refractivity contribution < 1.29 is 17.1 Å². The van der Waals surface area contributed by atoms with Crippen LogP contribution in [0.2, 0.25) is 5.02 Å². The first-order valence-electron chi connectivity index (χ1n) is 5.89. The molecule has 0 atom stereocenters. The highest BCUT2D eigenvalue weighted by atomic mass is 35.5. The van der Waals surface area contributed by atoms with E-state index >= 15 is 0 Å². The van der Waals surface area contributed by atoms with Crippen LogP contribution in [0, 0.1) is 0 Å². The number of benzene rings is 2. The molecule has 19 heavy (non-hydrogen) atoms. The minimum atomic E-state index is 0. The normalized spacial score (nSPS) is 9.79. The fourth-order valence-corrected chi connectivity index (χ4v) is 1.85. The van der Waals surface area contributed by atoms with E-state index in [2.05, 4.69) is 11.4 Å². The van der Waals surface area contributed by atoms with Crippen molar-refractivity contribution in [1.29, 1.82) is 0 Å². The molecule has 0 bridgehead atoms. The van der Waals surface area contributed by atoms with Crippen LogP contribution in [0.3, 0.4) is 0 Å². The van der Waals surface area contributed by atoms with Gasteiger partial charge >= 0.3 is 0 Å². The maximum absolute atomic E-state index is 5.85. The first-order chi connectivity index (χ1) is 8.79. The zero-order chi connectivity index (χ0) is 12.8. The summed E-state index contributed by atoms with van der Waals surface area (Å²) in [5.74, 6) is 0.918. The molecule has 0 heterocycles. The van der Waals surface area contributed by atoms with Crippen LogP contribution >= 0.6 is 11.6 Å². The number of halogens is 2. The van der Waals surface area contributed by atoms with E-state index in [4.69, 9.17) is 16.3 Å². The van der Waals surface area contributed by atoms with Crippen LogP contribution in [0.5, 0.6) is 5.75 Å². The maximum atomic E-state index is 5.85. The molecule has 0 aliphatic heterocycles. The lowest BCUT2D eigenvalue weighted by Crippen LogP contribution is -3.00. The molecule has 0 aromatic heterocycles. The number of para-hydroxylation sites is 1. The minimum absolute atomic E-state index is 0. The van der Waals surface area contributed by atoms with Crippen LogP contribution in [0.15, 0.2) is 48.5 Å². The molecule has 0 radical (unpaired) electrons. The second-order valence-corrected chi connectivity index (χ2v) is 4.49. The Bertz CT molecular complexity index is 500. The van der Waals surface area contributed by atoms with Gasteiger partial charge in [0.1, 0.15) is 12.4 Å². The lowest BCUT2D eigenvalue weighted by Gasteiger charge is -2.11. The van der Waals surface area contributed by atoms with Crippen LogP contribution in [-0.2, 0) is 13.2 Å². The van der Waals surface area contributed by atoms with Gasteiger partial charge in [0.05, 0.1) is 0 Å². The van der Waals surface area contributed by atoms with Crippen molar-refractivity contribution in [1.82, 2.24) is 5.32 Å². The first kappa shape index (κ1) is 15.8. The van der Waals surface area contributed by atoms with Gasteiger partial charge < -0.3 is 22.5 Å². The summed E-state index contributed by atoms with van der Waals surface area (Å²) in [6.07, 6.45) is 0. The summed E-state index contributed by atoms with van der Waals surface area (Å²) < 4.78 is 5.83. The summed E-state index contributed by atoms with van der Waals surface area (Å²) in [5, 5.41) is 3.88. The molecule has 2 rings (SSSR count). The molecule has 0 aliphatic carbocycles. The Morgan fingerprint density at radius 1 is 1.05 bits per heavy atom. The van der Waals surface area contributed by atoms with Crippen molar-refractivity contribution >= 4 is 11.6 Å². The van der Waals surface area contributed by atoms with Gasteiger partial charge in [0.25, 0.3) is 0 Å². The Kier molecular flexibility index (Phi) is 6.71. The largest absolute Gasteiger partial charge is 1.00 e. The average molecular weight is 297 g/mol. The zero-order valence-electron chi connectivity index (χ0n) is 10.7. The number of hydrogen-bond acceptors (Lipinski definition) is 2. The molecule has 4 heteroatoms. The van der Waals surface area contributed by atoms with Crippen LogP contribution in [0.1, 0.15) is 11.1 Å². The number of hydrogen-bond donors (Lipinski definition) is 1. The monoisotopic (exact) mass is 296 g/mol. The maximum Gasteiger partial charge on any atom is 0.124 e. The Morgan fingerprint density at radius 3 is 2.42 bits per heavy atom. The van der Waals surface area contributed by atoms with Crippen LogP contribution in [-0.4, -0.2) is 7.05 Å². The predicted molar refractivity (Wildman–Crippen MR) is 75.0 cm³/mol. The summed E-state index contributed by atoms with van der Waals surface area (Å²) in [6, 6.07) is 15.8. The molecule has 102 valence electrons. The van der Waals surface area contributed by atoms with E-state index in [1.807, 2.05) is 49.5 Å². The highest BCUT2D eigenvalue weighted by Crippen LogP contribution is 2.19. The summed E-state index contributed by atoms with van der Waals surface area (Å²) in [5.41, 5.74) is 2.27. The minimum Gasteiger partial charge on any atom is -1.00 e. The third-order valence-electron chi connectivity index (χ3n) is 2.65. The summed E-state index contributed by atoms with van der Waals surface area (Å²) >= 11 is 5.85. The topological polar surface area (TPSA) is 21.3 Å². The second-order valence-electron chi connectivity index (χ2n) is 4.05. The molecule has 1 N–H and O–H groups in total. The van der Waals surface area contributed by atoms with Gasteiger partial charge in [-0.3, -0.25) is 0 Å². The van der Waals surface area contributed by atoms with E-state index < -0.39 is 0 Å². The van der Waals surface area contributed by atoms with Gasteiger partial charge in [0, 0.05) is 17.1 Å². The predicted octanol–water partition coefficient (Wildman–Crippen LogP) is 0.642. The van der Waals surface area contributed by atoms with E-state index in [-0.39, 0.29) is 12.4 Å². The van der Waals surface area contributed by atoms with Crippen molar-refractivity contribution in [3.8, 4) is 5.75 Å². The third-order valence-corrected chi connectivity index (χ3v) is 2.90. The standard InChI is InChI=1S/C15H16ClNO.ClH/c1-17-10-13-4-2-3-5-15(13)18-11-12-6-8-14(16)9-7-12;/h2-9,17H,10-11H2,1H3;1H/p-1. The summed E-state index contributed by atoms with van der Waals surface area (Å²) in [6.45, 7) is 1.36. The molecule has 0 saturated carbocycles. The Labute approximate surface area is 125 Å². The zero-order valence-corrected chi connectivity index (χ0v) is 12.2. The fourth-order valence-electron chi connectivity index (χ4n) is 1.72. The van der Waals surface area contributed by atoms with Gasteiger partial charge in [-0.15, -0.1) is 0 Å². The van der Waals surface area contributed by atoms with Gasteiger partial charge in [0.15, 0.2) is 0 Å². The molecule has 0 saturated heterocycles. The van der Waals surface area contributed by atoms with Gasteiger partial charge in [-0.25, -0.2) is 0 Å². The Hall–Kier alpha value is -1.22. The van der Waals surface area contributed by atoms with Crippen LogP contribution in [0.4, 0.5) is 0 Å². The van der Waals surface area contributed by atoms with Gasteiger partial charge in [0.2, 0.25) is 0 Å². The lowest BCUT2D eigenvalue weighted by atomic mass is 10.2. The molecule has 2 aromatic carbocycles. The summed E-state index contributed by atoms with van der Waals surface area (Å²) in [7, 11) is 1.93. The van der Waals surface area contributed by atoms with E-state index in [1.165, 1.54) is 0 Å². The van der Waals surface area contributed by atoms with Crippen LogP contribution in [0.25, 0.3) is 0 Å². The number of nitrogens with one attached hydrogen (secondary N) is 1. The molecule has 0 aliphatic rings. The highest BCUT2D eigenvalue weighted by molar-refractivity contribution is 6.30. The Morgan fingerprint density at radius 2 is 1.74 bits per heavy atom. The molecular weight excluding hydrogens is 281 g/mol. The Balaban J connectivity index is 0.00000180. The quantitative estimate of drug-likeness (QED) is 0.875. The number of ether oxygens (including phenoxy) is 1. The van der Waals surface area contributed by atoms with Crippen LogP contribution < -0.4 is 22.5 Å². The second kappa shape index (κ2) is 8.05. The van der Waals surface area contributed by atoms with E-state index in [0.29, 0.717) is 6.61 Å². The van der Waals surface area contributed by atoms with Crippen molar-refractivity contribution in [2.45, 2.75) is 13.2 Å². The van der Waals surface area contributed by atoms with Crippen molar-refractivity contribution in [2.75, 3.05) is 7.05 Å². The van der Waals surface area contributed by atoms with Crippen molar-refractivity contribution in [2.24, 2.45) is 0 Å². The molecule has 2 nitrogen and oxygen atoms in total. The first-order valence-corrected chi connectivity index (χ1v) is 6.27. The molecule has 0 amide bonds. The fraction of sp³-hybridized carbons (Fsp3) is 0.200. The number of rotatable bonds is 5. The molecule has 2 aromatic rings. The molecule has 0 unspecified atom stereocenters. The lowest BCUT2D eigenvalue weighted by molar-refractivity contribution is -0.00000393. The van der Waals surface area contributed by atoms with Crippen molar-refractivity contribution in [3.63, 3.8) is 0 Å². The molecular formula is C15H16Cl2NO-. The van der Waals surface area contributed by atoms with E-state index in [9.17, 15) is 0 Å². The highest BCUT2D eigenvalue weighted by Gasteiger charge is 2.02. The van der Waals surface area contributed by atoms with Crippen molar-refractivity contribution in [3.05, 3.63) is 64.7 Å². The van der Waals surface area contributed by atoms with Gasteiger partial charge in [-0.2, -0.15) is 0 Å². The average Bonchev–Trinajstić information content (AvgIpc) is 2.40. The summed E-state index contributed by atoms with van der Waals surface area (Å²) in [4.78, 5) is 0. The molecule has 0 fully saturated rings. The van der Waals surface area contributed by atoms with Gasteiger partial charge in [-0.1, -0.05) is 41.9 Å². The smallest absolute Gasteiger partial charge is 0.124 e. The third kappa shape index (κ3) is 4.75. The molecule has 0 spiro atoms. The van der Waals surface area contributed by atoms with Gasteiger partial charge in [-0.05, 0) is 30.8 Å². The SMILES string of the molecule is CNCc1ccccc1OCc1ccc(Cl)cc1.[Cl-]. The van der Waals surface area contributed by atoms with E-state index in [0.717, 1.165) is 28.4 Å². The van der Waals surface area contributed by atoms with E-state index in [1.54, 1.807) is 0 Å².